The number of aryl methyl sites for hydroxylation is 2. The predicted molar refractivity (Wildman–Crippen MR) is 200 cm³/mol. The van der Waals surface area contributed by atoms with E-state index in [1.165, 1.54) is 22.7 Å². The lowest BCUT2D eigenvalue weighted by atomic mass is 10.0. The number of hydrogen-bond acceptors (Lipinski definition) is 10. The summed E-state index contributed by atoms with van der Waals surface area (Å²) < 4.78 is 1.60. The van der Waals surface area contributed by atoms with E-state index < -0.39 is 24.0 Å². The zero-order valence-corrected chi connectivity index (χ0v) is 30.6. The number of rotatable bonds is 10. The number of anilines is 1. The van der Waals surface area contributed by atoms with Crippen LogP contribution in [0.4, 0.5) is 5.69 Å². The molecule has 0 aliphatic carbocycles. The van der Waals surface area contributed by atoms with E-state index in [9.17, 15) is 29.4 Å². The van der Waals surface area contributed by atoms with Crippen molar-refractivity contribution in [3.05, 3.63) is 85.9 Å². The average Bonchev–Trinajstić information content (AvgIpc) is 3.85. The van der Waals surface area contributed by atoms with Crippen molar-refractivity contribution < 1.29 is 29.4 Å². The monoisotopic (exact) mass is 740 g/mol. The molecule has 0 unspecified atom stereocenters. The van der Waals surface area contributed by atoms with Gasteiger partial charge in [-0.3, -0.25) is 33.5 Å². The third kappa shape index (κ3) is 7.29. The number of nitrogens with zero attached hydrogens (tertiary/aromatic N) is 5. The van der Waals surface area contributed by atoms with E-state index in [2.05, 4.69) is 15.3 Å². The van der Waals surface area contributed by atoms with Crippen LogP contribution >= 0.6 is 22.7 Å². The Hall–Kier alpha value is -4.76. The quantitative estimate of drug-likeness (QED) is 0.142. The molecule has 3 N–H and O–H groups in total. The summed E-state index contributed by atoms with van der Waals surface area (Å²) in [6.07, 6.45) is 6.67. The summed E-state index contributed by atoms with van der Waals surface area (Å²) in [5, 5.41) is 23.9. The van der Waals surface area contributed by atoms with Gasteiger partial charge in [0.25, 0.3) is 11.8 Å². The molecule has 2 atom stereocenters. The number of carboxylic acids is 2. The lowest BCUT2D eigenvalue weighted by molar-refractivity contribution is -0.145. The van der Waals surface area contributed by atoms with Gasteiger partial charge in [-0.15, -0.1) is 22.7 Å². The maximum Gasteiger partial charge on any atom is 0.320 e. The van der Waals surface area contributed by atoms with E-state index in [4.69, 9.17) is 0 Å². The molecule has 2 saturated heterocycles. The highest BCUT2D eigenvalue weighted by atomic mass is 32.1. The highest BCUT2D eigenvalue weighted by molar-refractivity contribution is 7.14. The van der Waals surface area contributed by atoms with Crippen LogP contribution < -0.4 is 5.32 Å². The van der Waals surface area contributed by atoms with Crippen LogP contribution in [0.5, 0.6) is 0 Å². The Morgan fingerprint density at radius 3 is 2.02 bits per heavy atom. The van der Waals surface area contributed by atoms with Gasteiger partial charge in [0.2, 0.25) is 0 Å². The molecule has 0 spiro atoms. The van der Waals surface area contributed by atoms with Crippen LogP contribution in [-0.2, 0) is 22.7 Å². The standard InChI is InChI=1S/C38H40N6O6S2/c1-22-31(20-42-16-5-3-12-29(42)37(47)48)51-34(39-22)33(45)41-25-10-7-9-24(19-25)26-11-8-14-28-27(26)15-18-44(28)36(46)35-40-23(2)32(52-35)21-43-17-6-4-13-30(43)38(49)50/h7-11,14-15,18-19,29-30H,3-6,12-13,16-17,20-21H2,1-2H3,(H,41,45)(H,47,48)(H,49,50)/t29-,30-/m0/s1. The fourth-order valence-electron chi connectivity index (χ4n) is 7.28. The molecule has 0 bridgehead atoms. The van der Waals surface area contributed by atoms with Crippen LogP contribution in [-0.4, -0.2) is 83.5 Å². The largest absolute Gasteiger partial charge is 0.480 e. The summed E-state index contributed by atoms with van der Waals surface area (Å²) >= 11 is 2.60. The molecule has 2 aliphatic heterocycles. The summed E-state index contributed by atoms with van der Waals surface area (Å²) in [5.41, 5.74) is 4.52. The van der Waals surface area contributed by atoms with Crippen molar-refractivity contribution in [1.29, 1.82) is 0 Å². The van der Waals surface area contributed by atoms with Gasteiger partial charge in [-0.05, 0) is 88.0 Å². The summed E-state index contributed by atoms with van der Waals surface area (Å²) in [4.78, 5) is 65.6. The zero-order valence-electron chi connectivity index (χ0n) is 29.0. The molecule has 270 valence electrons. The molecule has 2 aliphatic rings. The molecule has 14 heteroatoms. The Labute approximate surface area is 308 Å². The van der Waals surface area contributed by atoms with Crippen LogP contribution in [0.1, 0.15) is 79.3 Å². The van der Waals surface area contributed by atoms with Crippen molar-refractivity contribution in [2.75, 3.05) is 18.4 Å². The fourth-order valence-corrected chi connectivity index (χ4v) is 9.28. The first-order valence-electron chi connectivity index (χ1n) is 17.5. The molecule has 0 saturated carbocycles. The number of piperidine rings is 2. The van der Waals surface area contributed by atoms with Crippen molar-refractivity contribution in [1.82, 2.24) is 24.3 Å². The summed E-state index contributed by atoms with van der Waals surface area (Å²) in [5.74, 6) is -2.22. The van der Waals surface area contributed by atoms with Crippen LogP contribution in [0.25, 0.3) is 22.0 Å². The van der Waals surface area contributed by atoms with Gasteiger partial charge >= 0.3 is 11.9 Å². The molecule has 52 heavy (non-hydrogen) atoms. The molecule has 7 rings (SSSR count). The Balaban J connectivity index is 1.07. The Morgan fingerprint density at radius 2 is 1.38 bits per heavy atom. The number of hydrogen-bond donors (Lipinski definition) is 3. The first-order chi connectivity index (χ1) is 25.1. The van der Waals surface area contributed by atoms with Crippen molar-refractivity contribution in [3.63, 3.8) is 0 Å². The fraction of sp³-hybridized carbons (Fsp3) is 0.368. The SMILES string of the molecule is Cc1nc(C(=O)Nc2cccc(-c3cccc4c3ccn4C(=O)c3nc(C)c(CN4CCCC[C@H]4C(=O)O)s3)c2)sc1CN1CCCC[C@H]1C(=O)O. The van der Waals surface area contributed by atoms with Gasteiger partial charge in [-0.2, -0.15) is 0 Å². The second-order valence-electron chi connectivity index (χ2n) is 13.5. The molecule has 2 fully saturated rings. The lowest BCUT2D eigenvalue weighted by Gasteiger charge is -2.32. The number of aliphatic carboxylic acids is 2. The van der Waals surface area contributed by atoms with Crippen molar-refractivity contribution in [2.24, 2.45) is 0 Å². The van der Waals surface area contributed by atoms with Gasteiger partial charge in [-0.25, -0.2) is 9.97 Å². The van der Waals surface area contributed by atoms with Crippen molar-refractivity contribution in [3.8, 4) is 11.1 Å². The number of fused-ring (bicyclic) bond motifs is 1. The van der Waals surface area contributed by atoms with E-state index in [0.29, 0.717) is 54.7 Å². The number of aromatic nitrogens is 3. The minimum absolute atomic E-state index is 0.252. The summed E-state index contributed by atoms with van der Waals surface area (Å²) in [6.45, 7) is 6.01. The molecule has 0 radical (unpaired) electrons. The van der Waals surface area contributed by atoms with Gasteiger partial charge in [0.1, 0.15) is 12.1 Å². The Bertz CT molecular complexity index is 2170. The van der Waals surface area contributed by atoms with Crippen LogP contribution in [0.3, 0.4) is 0 Å². The third-order valence-electron chi connectivity index (χ3n) is 10.0. The van der Waals surface area contributed by atoms with E-state index >= 15 is 0 Å². The minimum atomic E-state index is -0.816. The second-order valence-corrected chi connectivity index (χ2v) is 15.6. The van der Waals surface area contributed by atoms with E-state index in [-0.39, 0.29) is 11.8 Å². The lowest BCUT2D eigenvalue weighted by Crippen LogP contribution is -2.43. The summed E-state index contributed by atoms with van der Waals surface area (Å²) in [7, 11) is 0. The maximum atomic E-state index is 13.8. The predicted octanol–water partition coefficient (Wildman–Crippen LogP) is 6.66. The Morgan fingerprint density at radius 1 is 0.788 bits per heavy atom. The highest BCUT2D eigenvalue weighted by Gasteiger charge is 2.31. The average molecular weight is 741 g/mol. The first kappa shape index (κ1) is 35.6. The van der Waals surface area contributed by atoms with E-state index in [1.54, 1.807) is 10.8 Å². The van der Waals surface area contributed by atoms with Gasteiger partial charge in [0.05, 0.1) is 16.9 Å². The first-order valence-corrected chi connectivity index (χ1v) is 19.1. The molecule has 5 heterocycles. The topological polar surface area (TPSA) is 158 Å². The zero-order chi connectivity index (χ0) is 36.5. The second kappa shape index (κ2) is 15.1. The number of benzene rings is 2. The normalized spacial score (nSPS) is 18.4. The van der Waals surface area contributed by atoms with Gasteiger partial charge in [-0.1, -0.05) is 37.1 Å². The molecule has 1 amide bonds. The minimum Gasteiger partial charge on any atom is -0.480 e. The van der Waals surface area contributed by atoms with E-state index in [1.807, 2.05) is 72.2 Å². The van der Waals surface area contributed by atoms with Gasteiger partial charge in [0.15, 0.2) is 10.0 Å². The van der Waals surface area contributed by atoms with Crippen LogP contribution in [0.15, 0.2) is 54.7 Å². The van der Waals surface area contributed by atoms with Crippen LogP contribution in [0.2, 0.25) is 0 Å². The molecule has 2 aromatic carbocycles. The maximum absolute atomic E-state index is 13.8. The number of amides is 1. The highest BCUT2D eigenvalue weighted by Crippen LogP contribution is 2.33. The van der Waals surface area contributed by atoms with Crippen LogP contribution in [0, 0.1) is 13.8 Å². The third-order valence-corrected chi connectivity index (χ3v) is 12.3. The molecule has 3 aromatic heterocycles. The van der Waals surface area contributed by atoms with Gasteiger partial charge < -0.3 is 15.5 Å². The number of carbonyl (C=O) groups excluding carboxylic acids is 2. The van der Waals surface area contributed by atoms with E-state index in [0.717, 1.165) is 68.9 Å². The number of carboxylic acid groups (broad SMARTS) is 2. The van der Waals surface area contributed by atoms with Gasteiger partial charge in [0, 0.05) is 40.1 Å². The molecule has 5 aromatic rings. The smallest absolute Gasteiger partial charge is 0.320 e. The number of carbonyl (C=O) groups is 4. The van der Waals surface area contributed by atoms with Crippen molar-refractivity contribution >= 4 is 63.0 Å². The molecular weight excluding hydrogens is 701 g/mol. The van der Waals surface area contributed by atoms with Crippen molar-refractivity contribution in [2.45, 2.75) is 77.5 Å². The molecule has 12 nitrogen and oxygen atoms in total. The Kier molecular flexibility index (Phi) is 10.3. The number of likely N-dealkylation sites (tertiary alicyclic amines) is 2. The number of thiazole rings is 2. The molecular formula is C38H40N6O6S2. The number of nitrogens with one attached hydrogen (secondary N) is 1. The summed E-state index contributed by atoms with van der Waals surface area (Å²) in [6, 6.07) is 14.1.